The maximum Gasteiger partial charge on any atom is 0.269 e. The zero-order valence-electron chi connectivity index (χ0n) is 14.6. The minimum Gasteiger partial charge on any atom is -0.351 e. The highest BCUT2D eigenvalue weighted by molar-refractivity contribution is 9.11. The molecule has 0 radical (unpaired) electrons. The Bertz CT molecular complexity index is 822. The van der Waals surface area contributed by atoms with Crippen molar-refractivity contribution in [3.8, 4) is 0 Å². The molecule has 1 aliphatic heterocycles. The molecule has 1 aliphatic rings. The van der Waals surface area contributed by atoms with Gasteiger partial charge in [-0.25, -0.2) is 0 Å². The number of amides is 1. The predicted molar refractivity (Wildman–Crippen MR) is 106 cm³/mol. The zero-order chi connectivity index (χ0) is 18.8. The SMILES string of the molecule is C[C@@H]1Cc2cc(Br)sc2[C@H](C)N1CCNC(=O)c1ccc([N+](=O)[O-])cc1. The third-order valence-electron chi connectivity index (χ3n) is 4.77. The third kappa shape index (κ3) is 3.97. The molecule has 2 heterocycles. The number of halogens is 1. The summed E-state index contributed by atoms with van der Waals surface area (Å²) >= 11 is 5.35. The van der Waals surface area contributed by atoms with Crippen LogP contribution >= 0.6 is 27.3 Å². The van der Waals surface area contributed by atoms with Gasteiger partial charge in [-0.05, 0) is 60.0 Å². The molecule has 1 aromatic carbocycles. The molecule has 2 atom stereocenters. The monoisotopic (exact) mass is 437 g/mol. The van der Waals surface area contributed by atoms with Crippen LogP contribution in [0.15, 0.2) is 34.1 Å². The first-order chi connectivity index (χ1) is 12.4. The smallest absolute Gasteiger partial charge is 0.269 e. The summed E-state index contributed by atoms with van der Waals surface area (Å²) in [5, 5.41) is 13.6. The Kier molecular flexibility index (Phi) is 5.74. The molecule has 138 valence electrons. The van der Waals surface area contributed by atoms with Gasteiger partial charge >= 0.3 is 0 Å². The van der Waals surface area contributed by atoms with E-state index in [0.29, 0.717) is 24.2 Å². The van der Waals surface area contributed by atoms with Crippen LogP contribution < -0.4 is 5.32 Å². The van der Waals surface area contributed by atoms with E-state index in [4.69, 9.17) is 0 Å². The minimum absolute atomic E-state index is 0.0181. The minimum atomic E-state index is -0.474. The molecule has 0 spiro atoms. The van der Waals surface area contributed by atoms with E-state index in [1.807, 2.05) is 0 Å². The van der Waals surface area contributed by atoms with E-state index in [1.165, 1.54) is 34.7 Å². The van der Waals surface area contributed by atoms with E-state index in [1.54, 1.807) is 11.3 Å². The highest BCUT2D eigenvalue weighted by Crippen LogP contribution is 2.39. The molecule has 1 N–H and O–H groups in total. The summed E-state index contributed by atoms with van der Waals surface area (Å²) in [5.41, 5.74) is 1.82. The highest BCUT2D eigenvalue weighted by Gasteiger charge is 2.30. The lowest BCUT2D eigenvalue weighted by Crippen LogP contribution is -2.44. The summed E-state index contributed by atoms with van der Waals surface area (Å²) in [6, 6.07) is 8.60. The molecule has 0 aliphatic carbocycles. The van der Waals surface area contributed by atoms with Gasteiger partial charge in [-0.3, -0.25) is 19.8 Å². The Balaban J connectivity index is 1.57. The van der Waals surface area contributed by atoms with Crippen molar-refractivity contribution >= 4 is 38.9 Å². The molecular formula is C18H20BrN3O3S. The molecule has 0 saturated heterocycles. The summed E-state index contributed by atoms with van der Waals surface area (Å²) in [7, 11) is 0. The third-order valence-corrected chi connectivity index (χ3v) is 6.62. The summed E-state index contributed by atoms with van der Waals surface area (Å²) in [6.07, 6.45) is 1.01. The lowest BCUT2D eigenvalue weighted by Gasteiger charge is -2.38. The molecule has 1 amide bonds. The van der Waals surface area contributed by atoms with Crippen molar-refractivity contribution in [3.05, 3.63) is 60.2 Å². The highest BCUT2D eigenvalue weighted by atomic mass is 79.9. The number of hydrogen-bond donors (Lipinski definition) is 1. The van der Waals surface area contributed by atoms with Crippen molar-refractivity contribution < 1.29 is 9.72 Å². The average molecular weight is 438 g/mol. The second kappa shape index (κ2) is 7.85. The van der Waals surface area contributed by atoms with E-state index in [-0.39, 0.29) is 11.6 Å². The molecule has 26 heavy (non-hydrogen) atoms. The second-order valence-electron chi connectivity index (χ2n) is 6.47. The molecule has 0 saturated carbocycles. The number of nitro benzene ring substituents is 1. The average Bonchev–Trinajstić information content (AvgIpc) is 2.98. The van der Waals surface area contributed by atoms with Crippen LogP contribution in [0.25, 0.3) is 0 Å². The number of carbonyl (C=O) groups excluding carboxylic acids is 1. The zero-order valence-corrected chi connectivity index (χ0v) is 17.0. The summed E-state index contributed by atoms with van der Waals surface area (Å²) in [5.74, 6) is -0.211. The standard InChI is InChI=1S/C18H20BrN3O3S/c1-11-9-14-10-16(19)26-17(14)12(2)21(11)8-7-20-18(23)13-3-5-15(6-4-13)22(24)25/h3-6,10-12H,7-9H2,1-2H3,(H,20,23)/t11-,12+/m1/s1. The number of carbonyl (C=O) groups is 1. The number of nitro groups is 1. The topological polar surface area (TPSA) is 75.5 Å². The Morgan fingerprint density at radius 3 is 2.73 bits per heavy atom. The van der Waals surface area contributed by atoms with Crippen LogP contribution in [0.2, 0.25) is 0 Å². The second-order valence-corrected chi connectivity index (χ2v) is 8.93. The summed E-state index contributed by atoms with van der Waals surface area (Å²) in [6.45, 7) is 5.71. The molecule has 0 bridgehead atoms. The van der Waals surface area contributed by atoms with Crippen molar-refractivity contribution in [1.29, 1.82) is 0 Å². The van der Waals surface area contributed by atoms with E-state index >= 15 is 0 Å². The van der Waals surface area contributed by atoms with Gasteiger partial charge in [0.15, 0.2) is 0 Å². The van der Waals surface area contributed by atoms with Gasteiger partial charge in [-0.1, -0.05) is 0 Å². The van der Waals surface area contributed by atoms with Gasteiger partial charge in [0, 0.05) is 47.7 Å². The fourth-order valence-electron chi connectivity index (χ4n) is 3.44. The van der Waals surface area contributed by atoms with Crippen molar-refractivity contribution in [3.63, 3.8) is 0 Å². The lowest BCUT2D eigenvalue weighted by atomic mass is 9.97. The van der Waals surface area contributed by atoms with Crippen molar-refractivity contribution in [2.45, 2.75) is 32.4 Å². The maximum atomic E-state index is 12.2. The number of hydrogen-bond acceptors (Lipinski definition) is 5. The van der Waals surface area contributed by atoms with Crippen LogP contribution in [0, 0.1) is 10.1 Å². The van der Waals surface area contributed by atoms with Gasteiger partial charge in [0.05, 0.1) is 8.71 Å². The first-order valence-electron chi connectivity index (χ1n) is 8.43. The number of thiophene rings is 1. The first-order valence-corrected chi connectivity index (χ1v) is 10.0. The van der Waals surface area contributed by atoms with Gasteiger partial charge in [0.2, 0.25) is 0 Å². The van der Waals surface area contributed by atoms with Crippen LogP contribution in [0.1, 0.15) is 40.7 Å². The Morgan fingerprint density at radius 2 is 2.08 bits per heavy atom. The predicted octanol–water partition coefficient (Wildman–Crippen LogP) is 4.16. The summed E-state index contributed by atoms with van der Waals surface area (Å²) in [4.78, 5) is 26.2. The summed E-state index contributed by atoms with van der Waals surface area (Å²) < 4.78 is 1.16. The Hall–Kier alpha value is -1.77. The number of non-ortho nitro benzene ring substituents is 1. The van der Waals surface area contributed by atoms with Crippen molar-refractivity contribution in [1.82, 2.24) is 10.2 Å². The molecule has 0 unspecified atom stereocenters. The number of fused-ring (bicyclic) bond motifs is 1. The number of nitrogens with one attached hydrogen (secondary N) is 1. The molecule has 1 aromatic heterocycles. The van der Waals surface area contributed by atoms with E-state index in [9.17, 15) is 14.9 Å². The Labute approximate surface area is 164 Å². The van der Waals surface area contributed by atoms with E-state index in [2.05, 4.69) is 46.1 Å². The van der Waals surface area contributed by atoms with Gasteiger partial charge in [0.25, 0.3) is 11.6 Å². The largest absolute Gasteiger partial charge is 0.351 e. The molecule has 8 heteroatoms. The molecule has 6 nitrogen and oxygen atoms in total. The van der Waals surface area contributed by atoms with Crippen LogP contribution in [0.5, 0.6) is 0 Å². The van der Waals surface area contributed by atoms with Gasteiger partial charge in [0.1, 0.15) is 0 Å². The number of nitrogens with zero attached hydrogens (tertiary/aromatic N) is 2. The first kappa shape index (κ1) is 19.0. The van der Waals surface area contributed by atoms with Crippen LogP contribution in [-0.4, -0.2) is 34.9 Å². The lowest BCUT2D eigenvalue weighted by molar-refractivity contribution is -0.384. The van der Waals surface area contributed by atoms with Gasteiger partial charge in [-0.15, -0.1) is 11.3 Å². The molecule has 2 aromatic rings. The molecule has 0 fully saturated rings. The quantitative estimate of drug-likeness (QED) is 0.562. The van der Waals surface area contributed by atoms with Crippen LogP contribution in [0.4, 0.5) is 5.69 Å². The number of rotatable bonds is 5. The van der Waals surface area contributed by atoms with Crippen LogP contribution in [-0.2, 0) is 6.42 Å². The van der Waals surface area contributed by atoms with Gasteiger partial charge in [-0.2, -0.15) is 0 Å². The maximum absolute atomic E-state index is 12.2. The van der Waals surface area contributed by atoms with E-state index in [0.717, 1.165) is 16.8 Å². The van der Waals surface area contributed by atoms with E-state index < -0.39 is 4.92 Å². The van der Waals surface area contributed by atoms with Crippen molar-refractivity contribution in [2.75, 3.05) is 13.1 Å². The Morgan fingerprint density at radius 1 is 1.38 bits per heavy atom. The molecule has 3 rings (SSSR count). The normalized spacial score (nSPS) is 19.8. The number of benzene rings is 1. The molecular weight excluding hydrogens is 418 g/mol. The fraction of sp³-hybridized carbons (Fsp3) is 0.389. The van der Waals surface area contributed by atoms with Crippen LogP contribution in [0.3, 0.4) is 0 Å². The fourth-order valence-corrected chi connectivity index (χ4v) is 5.23. The van der Waals surface area contributed by atoms with Gasteiger partial charge < -0.3 is 5.32 Å². The van der Waals surface area contributed by atoms with Crippen molar-refractivity contribution in [2.24, 2.45) is 0 Å².